The van der Waals surface area contributed by atoms with Gasteiger partial charge in [0.05, 0.1) is 17.1 Å². The zero-order valence-corrected chi connectivity index (χ0v) is 42.8. The van der Waals surface area contributed by atoms with Crippen LogP contribution < -0.4 is 25.5 Å². The van der Waals surface area contributed by atoms with Crippen LogP contribution in [0.15, 0.2) is 142 Å². The van der Waals surface area contributed by atoms with Gasteiger partial charge in [-0.3, -0.25) is 0 Å². The predicted octanol–water partition coefficient (Wildman–Crippen LogP) is 16.8. The number of anilines is 6. The second-order valence-corrected chi connectivity index (χ2v) is 23.3. The van der Waals surface area contributed by atoms with E-state index in [4.69, 9.17) is 8.83 Å². The van der Waals surface area contributed by atoms with Gasteiger partial charge >= 0.3 is 0 Å². The molecule has 0 saturated carbocycles. The van der Waals surface area contributed by atoms with Gasteiger partial charge in [0.1, 0.15) is 22.7 Å². The first-order valence-electron chi connectivity index (χ1n) is 24.6. The minimum Gasteiger partial charge on any atom is -0.456 e. The van der Waals surface area contributed by atoms with Crippen molar-refractivity contribution in [2.75, 3.05) is 9.80 Å². The SMILES string of the molecule is Cc1cc(C(C)(C)C)cc(C)c1N1c2cc(-c3cc4ccccc4o3)ccc2B2c3sc4ccc(C(C)(C)C)cc4c3N(c3c(C)cc(-c4cc5ccccc5o4)cc3C)c3cc(C(C)C)cc1c32. The molecule has 69 heavy (non-hydrogen) atoms. The second kappa shape index (κ2) is 15.4. The molecule has 0 spiro atoms. The number of benzene rings is 7. The molecule has 7 aromatic carbocycles. The van der Waals surface area contributed by atoms with Gasteiger partial charge in [-0.05, 0) is 161 Å². The summed E-state index contributed by atoms with van der Waals surface area (Å²) < 4.78 is 15.8. The Morgan fingerprint density at radius 1 is 0.507 bits per heavy atom. The fraction of sp³-hybridized carbons (Fsp3) is 0.238. The van der Waals surface area contributed by atoms with Crippen LogP contribution in [0, 0.1) is 27.7 Å². The van der Waals surface area contributed by atoms with Crippen molar-refractivity contribution in [3.8, 4) is 22.6 Å². The molecule has 5 heterocycles. The van der Waals surface area contributed by atoms with Crippen molar-refractivity contribution in [3.05, 3.63) is 172 Å². The average molecular weight is 919 g/mol. The third-order valence-electron chi connectivity index (χ3n) is 14.9. The number of aryl methyl sites for hydroxylation is 4. The van der Waals surface area contributed by atoms with Gasteiger partial charge in [-0.1, -0.05) is 122 Å². The molecule has 0 unspecified atom stereocenters. The second-order valence-electron chi connectivity index (χ2n) is 22.2. The number of fused-ring (bicyclic) bond motifs is 8. The van der Waals surface area contributed by atoms with E-state index in [1.54, 1.807) is 0 Å². The first kappa shape index (κ1) is 43.5. The molecule has 2 aliphatic heterocycles. The van der Waals surface area contributed by atoms with Crippen LogP contribution in [-0.2, 0) is 10.8 Å². The molecular weight excluding hydrogens is 860 g/mol. The van der Waals surface area contributed by atoms with Crippen LogP contribution in [0.4, 0.5) is 34.1 Å². The van der Waals surface area contributed by atoms with Gasteiger partial charge in [0.15, 0.2) is 0 Å². The highest BCUT2D eigenvalue weighted by Crippen LogP contribution is 2.52. The van der Waals surface area contributed by atoms with E-state index in [1.165, 1.54) is 98.9 Å². The summed E-state index contributed by atoms with van der Waals surface area (Å²) in [6.07, 6.45) is 0. The molecule has 0 N–H and O–H groups in total. The first-order chi connectivity index (χ1) is 32.9. The highest BCUT2D eigenvalue weighted by molar-refractivity contribution is 7.33. The standard InChI is InChI=1S/C63H59BN2O2S/c1-35(2)43-30-50-57-51(31-43)66(59-36(3)25-44(26-37(59)4)55-33-41-18-14-16-20-53(41)68-55)60-47-34-45(62(7,8)9)22-24-56(47)69-61(60)64(57)48-23-21-42(54-32-40-17-13-15-19-52(40)67-54)29-49(48)65(50)58-38(5)27-46(28-39(58)6)63(10,11)12/h13-35H,1-12H3. The van der Waals surface area contributed by atoms with E-state index in [0.29, 0.717) is 0 Å². The van der Waals surface area contributed by atoms with Crippen molar-refractivity contribution in [1.82, 2.24) is 0 Å². The summed E-state index contributed by atoms with van der Waals surface area (Å²) in [4.78, 5) is 5.29. The van der Waals surface area contributed by atoms with Crippen LogP contribution in [0.3, 0.4) is 0 Å². The lowest BCUT2D eigenvalue weighted by Crippen LogP contribution is -2.60. The summed E-state index contributed by atoms with van der Waals surface area (Å²) in [7, 11) is 0. The Hall–Kier alpha value is -6.76. The van der Waals surface area contributed by atoms with E-state index < -0.39 is 0 Å². The molecule has 0 atom stereocenters. The molecule has 0 amide bonds. The predicted molar refractivity (Wildman–Crippen MR) is 297 cm³/mol. The van der Waals surface area contributed by atoms with E-state index in [9.17, 15) is 0 Å². The van der Waals surface area contributed by atoms with Crippen LogP contribution in [0.2, 0.25) is 0 Å². The Morgan fingerprint density at radius 3 is 1.64 bits per heavy atom. The number of hydrogen-bond acceptors (Lipinski definition) is 5. The third kappa shape index (κ3) is 6.84. The van der Waals surface area contributed by atoms with Gasteiger partial charge < -0.3 is 18.6 Å². The van der Waals surface area contributed by atoms with E-state index >= 15 is 0 Å². The van der Waals surface area contributed by atoms with Crippen molar-refractivity contribution in [3.63, 3.8) is 0 Å². The molecule has 0 aliphatic carbocycles. The molecule has 0 radical (unpaired) electrons. The molecule has 6 heteroatoms. The van der Waals surface area contributed by atoms with Crippen LogP contribution >= 0.6 is 11.3 Å². The van der Waals surface area contributed by atoms with Crippen molar-refractivity contribution < 1.29 is 8.83 Å². The van der Waals surface area contributed by atoms with Gasteiger partial charge in [0.25, 0.3) is 6.71 Å². The number of nitrogens with zero attached hydrogens (tertiary/aromatic N) is 2. The van der Waals surface area contributed by atoms with E-state index in [-0.39, 0.29) is 23.5 Å². The summed E-state index contributed by atoms with van der Waals surface area (Å²) in [5.74, 6) is 2.04. The molecule has 0 fully saturated rings. The summed E-state index contributed by atoms with van der Waals surface area (Å²) in [5, 5.41) is 3.52. The quantitative estimate of drug-likeness (QED) is 0.161. The first-order valence-corrected chi connectivity index (χ1v) is 25.4. The Labute approximate surface area is 411 Å². The summed E-state index contributed by atoms with van der Waals surface area (Å²) in [6, 6.07) is 49.9. The fourth-order valence-corrected chi connectivity index (χ4v) is 12.7. The molecule has 342 valence electrons. The third-order valence-corrected chi connectivity index (χ3v) is 16.2. The minimum atomic E-state index is -0.0261. The van der Waals surface area contributed by atoms with Crippen LogP contribution in [-0.4, -0.2) is 6.71 Å². The largest absolute Gasteiger partial charge is 0.456 e. The Kier molecular flexibility index (Phi) is 9.70. The van der Waals surface area contributed by atoms with Crippen LogP contribution in [0.5, 0.6) is 0 Å². The zero-order valence-electron chi connectivity index (χ0n) is 42.0. The number of thiophene rings is 1. The van der Waals surface area contributed by atoms with Gasteiger partial charge in [-0.2, -0.15) is 0 Å². The van der Waals surface area contributed by atoms with Crippen LogP contribution in [0.25, 0.3) is 54.7 Å². The summed E-state index contributed by atoms with van der Waals surface area (Å²) in [6.45, 7) is 27.8. The van der Waals surface area contributed by atoms with Crippen molar-refractivity contribution in [1.29, 1.82) is 0 Å². The van der Waals surface area contributed by atoms with E-state index in [2.05, 4.69) is 220 Å². The van der Waals surface area contributed by atoms with Crippen molar-refractivity contribution in [2.45, 2.75) is 99.8 Å². The topological polar surface area (TPSA) is 32.8 Å². The van der Waals surface area contributed by atoms with Gasteiger partial charge in [-0.25, -0.2) is 0 Å². The fourth-order valence-electron chi connectivity index (χ4n) is 11.4. The van der Waals surface area contributed by atoms with Gasteiger partial charge in [0.2, 0.25) is 0 Å². The maximum atomic E-state index is 6.63. The maximum absolute atomic E-state index is 6.63. The Morgan fingerprint density at radius 2 is 1.06 bits per heavy atom. The lowest BCUT2D eigenvalue weighted by Gasteiger charge is -2.45. The molecule has 12 rings (SSSR count). The molecule has 0 bridgehead atoms. The average Bonchev–Trinajstić information content (AvgIpc) is 4.04. The summed E-state index contributed by atoms with van der Waals surface area (Å²) >= 11 is 1.96. The molecule has 4 nitrogen and oxygen atoms in total. The van der Waals surface area contributed by atoms with Crippen molar-refractivity contribution in [2.24, 2.45) is 0 Å². The van der Waals surface area contributed by atoms with E-state index in [1.807, 2.05) is 17.4 Å². The molecule has 2 aliphatic rings. The van der Waals surface area contributed by atoms with Crippen LogP contribution in [0.1, 0.15) is 100 Å². The highest BCUT2D eigenvalue weighted by Gasteiger charge is 2.47. The van der Waals surface area contributed by atoms with Gasteiger partial charge in [-0.15, -0.1) is 11.3 Å². The maximum Gasteiger partial charge on any atom is 0.264 e. The Bertz CT molecular complexity index is 3640. The highest BCUT2D eigenvalue weighted by atomic mass is 32.1. The minimum absolute atomic E-state index is 0.00471. The summed E-state index contributed by atoms with van der Waals surface area (Å²) in [5.41, 5.74) is 22.9. The molecule has 10 aromatic rings. The molecule has 3 aromatic heterocycles. The number of rotatable bonds is 5. The number of hydrogen-bond donors (Lipinski definition) is 0. The number of furan rings is 2. The smallest absolute Gasteiger partial charge is 0.264 e. The lowest BCUT2D eigenvalue weighted by atomic mass is 9.36. The lowest BCUT2D eigenvalue weighted by molar-refractivity contribution is 0.589. The Balaban J connectivity index is 1.18. The molecule has 0 saturated heterocycles. The van der Waals surface area contributed by atoms with Crippen molar-refractivity contribution >= 4 is 99.9 Å². The normalized spacial score (nSPS) is 13.6. The monoisotopic (exact) mass is 918 g/mol. The number of para-hydroxylation sites is 2. The zero-order chi connectivity index (χ0) is 48.0. The molecular formula is C63H59BN2O2S. The van der Waals surface area contributed by atoms with E-state index in [0.717, 1.165) is 44.6 Å². The van der Waals surface area contributed by atoms with Gasteiger partial charge in [0, 0.05) is 53.8 Å².